The first-order valence-corrected chi connectivity index (χ1v) is 6.79. The van der Waals surface area contributed by atoms with Crippen molar-refractivity contribution in [3.05, 3.63) is 35.7 Å². The van der Waals surface area contributed by atoms with Crippen molar-refractivity contribution < 1.29 is 0 Å². The molecular formula is C14H23N5. The number of hydrogen-bond acceptors (Lipinski definition) is 3. The smallest absolute Gasteiger partial charge is 0.105 e. The van der Waals surface area contributed by atoms with Gasteiger partial charge in [0.2, 0.25) is 0 Å². The fraction of sp³-hybridized carbons (Fsp3) is 0.571. The van der Waals surface area contributed by atoms with Crippen LogP contribution in [0.3, 0.4) is 0 Å². The molecule has 0 aliphatic rings. The van der Waals surface area contributed by atoms with Crippen LogP contribution in [0.15, 0.2) is 18.5 Å². The van der Waals surface area contributed by atoms with Crippen molar-refractivity contribution in [3.8, 4) is 0 Å². The van der Waals surface area contributed by atoms with Crippen molar-refractivity contribution in [2.24, 2.45) is 7.05 Å². The van der Waals surface area contributed by atoms with Gasteiger partial charge < -0.3 is 9.88 Å². The minimum Gasteiger partial charge on any atom is -0.331 e. The zero-order valence-corrected chi connectivity index (χ0v) is 12.2. The van der Waals surface area contributed by atoms with E-state index in [9.17, 15) is 0 Å². The van der Waals surface area contributed by atoms with Crippen LogP contribution in [0.25, 0.3) is 0 Å². The van der Waals surface area contributed by atoms with Crippen LogP contribution in [0.2, 0.25) is 0 Å². The highest BCUT2D eigenvalue weighted by Crippen LogP contribution is 2.08. The monoisotopic (exact) mass is 261 g/mol. The van der Waals surface area contributed by atoms with Gasteiger partial charge in [-0.3, -0.25) is 4.68 Å². The zero-order chi connectivity index (χ0) is 13.8. The first-order valence-electron chi connectivity index (χ1n) is 6.79. The van der Waals surface area contributed by atoms with Gasteiger partial charge in [0.1, 0.15) is 5.82 Å². The van der Waals surface area contributed by atoms with Crippen LogP contribution in [0, 0.1) is 6.92 Å². The lowest BCUT2D eigenvalue weighted by molar-refractivity contribution is 0.544. The van der Waals surface area contributed by atoms with E-state index in [1.54, 1.807) is 0 Å². The number of hydrogen-bond donors (Lipinski definition) is 1. The van der Waals surface area contributed by atoms with E-state index >= 15 is 0 Å². The average Bonchev–Trinajstić information content (AvgIpc) is 2.91. The Morgan fingerprint density at radius 1 is 1.32 bits per heavy atom. The van der Waals surface area contributed by atoms with Gasteiger partial charge in [-0.25, -0.2) is 4.98 Å². The van der Waals surface area contributed by atoms with Gasteiger partial charge in [0.05, 0.1) is 5.69 Å². The number of aromatic nitrogens is 4. The van der Waals surface area contributed by atoms with Gasteiger partial charge in [-0.1, -0.05) is 13.8 Å². The van der Waals surface area contributed by atoms with Crippen molar-refractivity contribution >= 4 is 0 Å². The van der Waals surface area contributed by atoms with Crippen LogP contribution in [-0.2, 0) is 26.6 Å². The molecule has 0 radical (unpaired) electrons. The van der Waals surface area contributed by atoms with E-state index in [0.29, 0.717) is 6.04 Å². The predicted molar refractivity (Wildman–Crippen MR) is 75.9 cm³/mol. The third kappa shape index (κ3) is 3.44. The molecule has 0 aliphatic carbocycles. The molecule has 0 bridgehead atoms. The van der Waals surface area contributed by atoms with Crippen molar-refractivity contribution in [2.45, 2.75) is 46.3 Å². The molecule has 2 aromatic rings. The molecule has 19 heavy (non-hydrogen) atoms. The molecule has 0 fully saturated rings. The van der Waals surface area contributed by atoms with E-state index < -0.39 is 0 Å². The minimum atomic E-state index is 0.487. The van der Waals surface area contributed by atoms with Crippen LogP contribution in [0.5, 0.6) is 0 Å². The number of nitrogens with zero attached hydrogens (tertiary/aromatic N) is 4. The second-order valence-corrected chi connectivity index (χ2v) is 5.18. The van der Waals surface area contributed by atoms with Gasteiger partial charge in [0.15, 0.2) is 0 Å². The summed E-state index contributed by atoms with van der Waals surface area (Å²) in [7, 11) is 1.98. The summed E-state index contributed by atoms with van der Waals surface area (Å²) in [5.41, 5.74) is 2.49. The van der Waals surface area contributed by atoms with E-state index in [4.69, 9.17) is 0 Å². The Hall–Kier alpha value is -1.62. The molecule has 0 spiro atoms. The van der Waals surface area contributed by atoms with Crippen molar-refractivity contribution in [1.82, 2.24) is 24.6 Å². The third-order valence-electron chi connectivity index (χ3n) is 3.34. The van der Waals surface area contributed by atoms with Crippen LogP contribution >= 0.6 is 0 Å². The zero-order valence-electron chi connectivity index (χ0n) is 12.2. The van der Waals surface area contributed by atoms with Crippen molar-refractivity contribution in [1.29, 1.82) is 0 Å². The second-order valence-electron chi connectivity index (χ2n) is 5.18. The molecule has 5 heteroatoms. The maximum atomic E-state index is 4.42. The molecule has 0 amide bonds. The van der Waals surface area contributed by atoms with E-state index in [2.05, 4.69) is 46.8 Å². The lowest BCUT2D eigenvalue weighted by Crippen LogP contribution is -2.24. The maximum absolute atomic E-state index is 4.42. The average molecular weight is 261 g/mol. The largest absolute Gasteiger partial charge is 0.331 e. The van der Waals surface area contributed by atoms with Gasteiger partial charge in [0.25, 0.3) is 0 Å². The molecule has 1 N–H and O–H groups in total. The van der Waals surface area contributed by atoms with Crippen LogP contribution in [-0.4, -0.2) is 25.4 Å². The SMILES string of the molecule is Cc1ncc(CNC(C)C)n1CCc1ccnn1C. The molecule has 0 atom stereocenters. The molecule has 0 aromatic carbocycles. The molecule has 0 saturated heterocycles. The lowest BCUT2D eigenvalue weighted by Gasteiger charge is -2.12. The highest BCUT2D eigenvalue weighted by Gasteiger charge is 2.08. The fourth-order valence-corrected chi connectivity index (χ4v) is 2.14. The molecule has 104 valence electrons. The summed E-state index contributed by atoms with van der Waals surface area (Å²) >= 11 is 0. The molecule has 5 nitrogen and oxygen atoms in total. The molecule has 2 aromatic heterocycles. The molecule has 0 aliphatic heterocycles. The normalized spacial score (nSPS) is 11.4. The Bertz CT molecular complexity index is 524. The Balaban J connectivity index is 2.03. The van der Waals surface area contributed by atoms with E-state index in [1.165, 1.54) is 11.4 Å². The number of imidazole rings is 1. The van der Waals surface area contributed by atoms with Gasteiger partial charge in [-0.2, -0.15) is 5.10 Å². The third-order valence-corrected chi connectivity index (χ3v) is 3.34. The summed E-state index contributed by atoms with van der Waals surface area (Å²) in [6.07, 6.45) is 4.79. The summed E-state index contributed by atoms with van der Waals surface area (Å²) in [4.78, 5) is 4.42. The van der Waals surface area contributed by atoms with Crippen molar-refractivity contribution in [2.75, 3.05) is 0 Å². The van der Waals surface area contributed by atoms with Crippen LogP contribution in [0.4, 0.5) is 0 Å². The Labute approximate surface area is 114 Å². The number of aryl methyl sites for hydroxylation is 3. The van der Waals surface area contributed by atoms with Gasteiger partial charge in [-0.15, -0.1) is 0 Å². The van der Waals surface area contributed by atoms with Crippen LogP contribution < -0.4 is 5.32 Å². The number of rotatable bonds is 6. The summed E-state index contributed by atoms with van der Waals surface area (Å²) in [6, 6.07) is 2.55. The molecule has 0 unspecified atom stereocenters. The summed E-state index contributed by atoms with van der Waals surface area (Å²) in [6.45, 7) is 8.18. The van der Waals surface area contributed by atoms with Crippen LogP contribution in [0.1, 0.15) is 31.1 Å². The Morgan fingerprint density at radius 2 is 2.11 bits per heavy atom. The maximum Gasteiger partial charge on any atom is 0.105 e. The summed E-state index contributed by atoms with van der Waals surface area (Å²) in [5, 5.41) is 7.64. The van der Waals surface area contributed by atoms with Gasteiger partial charge in [-0.05, 0) is 13.0 Å². The Morgan fingerprint density at radius 3 is 2.74 bits per heavy atom. The topological polar surface area (TPSA) is 47.7 Å². The van der Waals surface area contributed by atoms with E-state index in [1.807, 2.05) is 24.1 Å². The Kier molecular flexibility index (Phi) is 4.37. The molecule has 2 rings (SSSR count). The van der Waals surface area contributed by atoms with Gasteiger partial charge in [0, 0.05) is 50.7 Å². The standard InChI is InChI=1S/C14H23N5/c1-11(2)15-9-14-10-16-12(3)19(14)8-6-13-5-7-17-18(13)4/h5,7,10-11,15H,6,8-9H2,1-4H3. The van der Waals surface area contributed by atoms with E-state index in [0.717, 1.165) is 25.3 Å². The minimum absolute atomic E-state index is 0.487. The highest BCUT2D eigenvalue weighted by molar-refractivity contribution is 5.06. The fourth-order valence-electron chi connectivity index (χ4n) is 2.14. The summed E-state index contributed by atoms with van der Waals surface area (Å²) in [5.74, 6) is 1.07. The first kappa shape index (κ1) is 13.8. The molecule has 2 heterocycles. The summed E-state index contributed by atoms with van der Waals surface area (Å²) < 4.78 is 4.21. The quantitative estimate of drug-likeness (QED) is 0.860. The molecular weight excluding hydrogens is 238 g/mol. The first-order chi connectivity index (χ1) is 9.08. The van der Waals surface area contributed by atoms with Crippen molar-refractivity contribution in [3.63, 3.8) is 0 Å². The second kappa shape index (κ2) is 6.02. The lowest BCUT2D eigenvalue weighted by atomic mass is 10.3. The highest BCUT2D eigenvalue weighted by atomic mass is 15.3. The van der Waals surface area contributed by atoms with E-state index in [-0.39, 0.29) is 0 Å². The molecule has 0 saturated carbocycles. The van der Waals surface area contributed by atoms with Gasteiger partial charge >= 0.3 is 0 Å². The number of nitrogens with one attached hydrogen (secondary N) is 1. The predicted octanol–water partition coefficient (Wildman–Crippen LogP) is 1.67.